The fourth-order valence-electron chi connectivity index (χ4n) is 2.26. The number of benzene rings is 1. The lowest BCUT2D eigenvalue weighted by Crippen LogP contribution is -2.36. The van der Waals surface area contributed by atoms with Crippen LogP contribution in [0.25, 0.3) is 16.6 Å². The van der Waals surface area contributed by atoms with E-state index >= 15 is 0 Å². The van der Waals surface area contributed by atoms with Gasteiger partial charge in [0.1, 0.15) is 5.69 Å². The molecule has 4 nitrogen and oxygen atoms in total. The van der Waals surface area contributed by atoms with Crippen molar-refractivity contribution in [1.29, 1.82) is 0 Å². The molecule has 94 valence electrons. The van der Waals surface area contributed by atoms with Crippen molar-refractivity contribution in [3.05, 3.63) is 76.0 Å². The zero-order chi connectivity index (χ0) is 13.4. The second-order valence-electron chi connectivity index (χ2n) is 4.40. The molecule has 3 aromatic rings. The lowest BCUT2D eigenvalue weighted by Gasteiger charge is -2.10. The number of rotatable bonds is 1. The summed E-state index contributed by atoms with van der Waals surface area (Å²) in [5, 5.41) is 13.3. The second-order valence-corrected chi connectivity index (χ2v) is 4.40. The van der Waals surface area contributed by atoms with Gasteiger partial charge in [0.2, 0.25) is 0 Å². The van der Waals surface area contributed by atoms with Crippen molar-refractivity contribution >= 4 is 10.8 Å². The summed E-state index contributed by atoms with van der Waals surface area (Å²) in [6, 6.07) is 14.3. The van der Waals surface area contributed by atoms with Gasteiger partial charge >= 0.3 is 5.56 Å². The third-order valence-electron chi connectivity index (χ3n) is 3.14. The minimum Gasteiger partial charge on any atom is -0.711 e. The van der Waals surface area contributed by atoms with Crippen molar-refractivity contribution in [3.8, 4) is 5.82 Å². The van der Waals surface area contributed by atoms with Gasteiger partial charge in [-0.25, -0.2) is 9.52 Å². The Morgan fingerprint density at radius 1 is 1.11 bits per heavy atom. The maximum Gasteiger partial charge on any atom is 0.346 e. The first-order valence-corrected chi connectivity index (χ1v) is 5.98. The van der Waals surface area contributed by atoms with E-state index < -0.39 is 0 Å². The lowest BCUT2D eigenvalue weighted by molar-refractivity contribution is -0.599. The first-order valence-electron chi connectivity index (χ1n) is 5.98. The monoisotopic (exact) mass is 252 g/mol. The van der Waals surface area contributed by atoms with E-state index in [1.54, 1.807) is 24.3 Å². The molecule has 3 rings (SSSR count). The van der Waals surface area contributed by atoms with Crippen LogP contribution in [0.15, 0.2) is 59.5 Å². The van der Waals surface area contributed by atoms with Crippen LogP contribution < -0.4 is 10.3 Å². The summed E-state index contributed by atoms with van der Waals surface area (Å²) in [5.41, 5.74) is 0.561. The van der Waals surface area contributed by atoms with E-state index in [-0.39, 0.29) is 5.56 Å². The normalized spacial score (nSPS) is 10.8. The highest BCUT2D eigenvalue weighted by Gasteiger charge is 2.16. The maximum absolute atomic E-state index is 12.5. The first-order chi connectivity index (χ1) is 9.18. The van der Waals surface area contributed by atoms with Crippen molar-refractivity contribution in [2.45, 2.75) is 6.92 Å². The molecule has 19 heavy (non-hydrogen) atoms. The molecule has 0 atom stereocenters. The summed E-state index contributed by atoms with van der Waals surface area (Å²) < 4.78 is 2.14. The third kappa shape index (κ3) is 1.78. The van der Waals surface area contributed by atoms with E-state index in [4.69, 9.17) is 0 Å². The smallest absolute Gasteiger partial charge is 0.346 e. The van der Waals surface area contributed by atoms with E-state index in [0.29, 0.717) is 15.9 Å². The molecule has 0 bridgehead atoms. The summed E-state index contributed by atoms with van der Waals surface area (Å²) >= 11 is 0. The van der Waals surface area contributed by atoms with Gasteiger partial charge in [-0.2, -0.15) is 4.57 Å². The molecule has 0 aliphatic heterocycles. The Morgan fingerprint density at radius 3 is 2.63 bits per heavy atom. The van der Waals surface area contributed by atoms with Crippen LogP contribution in [0.3, 0.4) is 0 Å². The Bertz CT molecular complexity index is 822. The summed E-state index contributed by atoms with van der Waals surface area (Å²) in [6.45, 7) is 1.82. The molecule has 1 aromatic carbocycles. The van der Waals surface area contributed by atoms with E-state index in [1.807, 2.05) is 31.2 Å². The van der Waals surface area contributed by atoms with Gasteiger partial charge in [0.15, 0.2) is 0 Å². The zero-order valence-electron chi connectivity index (χ0n) is 10.4. The summed E-state index contributed by atoms with van der Waals surface area (Å²) in [4.78, 5) is 12.5. The van der Waals surface area contributed by atoms with E-state index in [1.165, 1.54) is 10.8 Å². The van der Waals surface area contributed by atoms with E-state index in [9.17, 15) is 10.0 Å². The Kier molecular flexibility index (Phi) is 2.56. The second kappa shape index (κ2) is 4.24. The van der Waals surface area contributed by atoms with Crippen LogP contribution in [-0.4, -0.2) is 4.57 Å². The van der Waals surface area contributed by atoms with Crippen LogP contribution >= 0.6 is 0 Å². The highest BCUT2D eigenvalue weighted by Crippen LogP contribution is 2.13. The molecule has 2 aromatic heterocycles. The molecular formula is C15H12N2O2. The van der Waals surface area contributed by atoms with Crippen LogP contribution in [0.1, 0.15) is 5.69 Å². The van der Waals surface area contributed by atoms with Crippen LogP contribution in [-0.2, 0) is 0 Å². The molecule has 0 aliphatic rings. The number of hydrogen-bond acceptors (Lipinski definition) is 2. The van der Waals surface area contributed by atoms with Gasteiger partial charge in [0.25, 0.3) is 5.82 Å². The van der Waals surface area contributed by atoms with Crippen molar-refractivity contribution in [3.63, 3.8) is 0 Å². The standard InChI is InChI=1S/C15H12N2O2/c1-11-10-12-6-2-3-7-13(12)15(18)17(11)14-8-4-5-9-16(14)19/h2-10H,1H3. The van der Waals surface area contributed by atoms with Gasteiger partial charge in [-0.05, 0) is 30.5 Å². The topological polar surface area (TPSA) is 48.9 Å². The third-order valence-corrected chi connectivity index (χ3v) is 3.14. The number of fused-ring (bicyclic) bond motifs is 1. The molecule has 0 amide bonds. The average Bonchev–Trinajstić information content (AvgIpc) is 2.41. The Labute approximate surface area is 109 Å². The fourth-order valence-corrected chi connectivity index (χ4v) is 2.26. The minimum atomic E-state index is -0.175. The molecule has 2 heterocycles. The Balaban J connectivity index is 2.43. The van der Waals surface area contributed by atoms with Crippen molar-refractivity contribution in [2.75, 3.05) is 0 Å². The minimum absolute atomic E-state index is 0.175. The summed E-state index contributed by atoms with van der Waals surface area (Å²) in [6.07, 6.45) is 1.39. The molecule has 0 saturated carbocycles. The summed E-state index contributed by atoms with van der Waals surface area (Å²) in [5.74, 6) is 0.316. The number of pyridine rings is 2. The highest BCUT2D eigenvalue weighted by atomic mass is 16.5. The van der Waals surface area contributed by atoms with E-state index in [0.717, 1.165) is 11.1 Å². The average molecular weight is 252 g/mol. The Morgan fingerprint density at radius 2 is 1.84 bits per heavy atom. The van der Waals surface area contributed by atoms with Gasteiger partial charge in [0, 0.05) is 6.07 Å². The molecule has 0 spiro atoms. The number of hydrogen-bond donors (Lipinski definition) is 0. The molecule has 4 heteroatoms. The van der Waals surface area contributed by atoms with Crippen molar-refractivity contribution < 1.29 is 4.73 Å². The fraction of sp³-hybridized carbons (Fsp3) is 0.0667. The molecule has 0 unspecified atom stereocenters. The molecule has 0 radical (unpaired) electrons. The van der Waals surface area contributed by atoms with Crippen molar-refractivity contribution in [2.24, 2.45) is 0 Å². The van der Waals surface area contributed by atoms with Crippen LogP contribution in [0.5, 0.6) is 0 Å². The van der Waals surface area contributed by atoms with Crippen LogP contribution in [0.2, 0.25) is 0 Å². The largest absolute Gasteiger partial charge is 0.711 e. The van der Waals surface area contributed by atoms with Gasteiger partial charge < -0.3 is 5.21 Å². The predicted molar refractivity (Wildman–Crippen MR) is 73.2 cm³/mol. The van der Waals surface area contributed by atoms with Crippen molar-refractivity contribution in [1.82, 2.24) is 4.57 Å². The highest BCUT2D eigenvalue weighted by molar-refractivity contribution is 5.82. The van der Waals surface area contributed by atoms with Crippen LogP contribution in [0, 0.1) is 12.1 Å². The number of aromatic nitrogens is 2. The SMILES string of the molecule is Cc1cc2ccccc2c(=O)n1-c1cccc[n+]1[O-]. The lowest BCUT2D eigenvalue weighted by atomic mass is 10.1. The maximum atomic E-state index is 12.5. The Hall–Kier alpha value is -2.62. The van der Waals surface area contributed by atoms with Gasteiger partial charge in [-0.1, -0.05) is 24.3 Å². The molecule has 0 saturated heterocycles. The van der Waals surface area contributed by atoms with Crippen LogP contribution in [0.4, 0.5) is 0 Å². The molecule has 0 N–H and O–H groups in total. The zero-order valence-corrected chi connectivity index (χ0v) is 10.4. The number of nitrogens with zero attached hydrogens (tertiary/aromatic N) is 2. The van der Waals surface area contributed by atoms with Gasteiger partial charge in [0.05, 0.1) is 11.6 Å². The predicted octanol–water partition coefficient (Wildman–Crippen LogP) is 1.93. The molecule has 0 fully saturated rings. The number of aryl methyl sites for hydroxylation is 1. The van der Waals surface area contributed by atoms with E-state index in [2.05, 4.69) is 0 Å². The molecular weight excluding hydrogens is 240 g/mol. The quantitative estimate of drug-likeness (QED) is 0.491. The van der Waals surface area contributed by atoms with Gasteiger partial charge in [-0.3, -0.25) is 0 Å². The molecule has 0 aliphatic carbocycles. The van der Waals surface area contributed by atoms with Gasteiger partial charge in [-0.15, -0.1) is 0 Å². The first kappa shape index (κ1) is 11.5. The summed E-state index contributed by atoms with van der Waals surface area (Å²) in [7, 11) is 0.